The van der Waals surface area contributed by atoms with Crippen LogP contribution in [0.5, 0.6) is 0 Å². The SMILES string of the molecule is Cn1ccc2c(-c3nc(N)ncc3Cl)cccc21. The number of aryl methyl sites for hydroxylation is 1. The first-order valence-electron chi connectivity index (χ1n) is 5.49. The van der Waals surface area contributed by atoms with Crippen LogP contribution in [0.15, 0.2) is 36.7 Å². The number of hydrogen-bond donors (Lipinski definition) is 1. The Hall–Kier alpha value is -2.07. The van der Waals surface area contributed by atoms with Gasteiger partial charge in [-0.05, 0) is 12.1 Å². The van der Waals surface area contributed by atoms with Crippen molar-refractivity contribution in [2.45, 2.75) is 0 Å². The third-order valence-corrected chi connectivity index (χ3v) is 3.22. The van der Waals surface area contributed by atoms with E-state index in [4.69, 9.17) is 17.3 Å². The molecule has 0 saturated heterocycles. The van der Waals surface area contributed by atoms with Gasteiger partial charge in [0.1, 0.15) is 0 Å². The van der Waals surface area contributed by atoms with Gasteiger partial charge in [-0.2, -0.15) is 0 Å². The molecule has 1 aromatic carbocycles. The molecule has 0 radical (unpaired) electrons. The van der Waals surface area contributed by atoms with Crippen LogP contribution in [0.25, 0.3) is 22.2 Å². The van der Waals surface area contributed by atoms with Crippen molar-refractivity contribution >= 4 is 28.5 Å². The highest BCUT2D eigenvalue weighted by molar-refractivity contribution is 6.33. The van der Waals surface area contributed by atoms with Crippen molar-refractivity contribution in [1.29, 1.82) is 0 Å². The number of nitrogens with two attached hydrogens (primary N) is 1. The predicted molar refractivity (Wildman–Crippen MR) is 73.4 cm³/mol. The summed E-state index contributed by atoms with van der Waals surface area (Å²) >= 11 is 6.15. The molecular weight excluding hydrogens is 248 g/mol. The maximum absolute atomic E-state index is 6.15. The average Bonchev–Trinajstić information content (AvgIpc) is 2.75. The number of anilines is 1. The number of aromatic nitrogens is 3. The number of hydrogen-bond acceptors (Lipinski definition) is 3. The van der Waals surface area contributed by atoms with Crippen LogP contribution in [-0.2, 0) is 7.05 Å². The third-order valence-electron chi connectivity index (χ3n) is 2.95. The lowest BCUT2D eigenvalue weighted by molar-refractivity contribution is 0.969. The van der Waals surface area contributed by atoms with Crippen LogP contribution in [0.1, 0.15) is 0 Å². The summed E-state index contributed by atoms with van der Waals surface area (Å²) in [4.78, 5) is 8.11. The quantitative estimate of drug-likeness (QED) is 0.730. The molecule has 5 heteroatoms. The summed E-state index contributed by atoms with van der Waals surface area (Å²) in [6, 6.07) is 8.05. The summed E-state index contributed by atoms with van der Waals surface area (Å²) in [6.07, 6.45) is 3.54. The second-order valence-corrected chi connectivity index (χ2v) is 4.50. The Bertz CT molecular complexity index is 733. The minimum Gasteiger partial charge on any atom is -0.368 e. The van der Waals surface area contributed by atoms with Gasteiger partial charge >= 0.3 is 0 Å². The molecule has 0 fully saturated rings. The van der Waals surface area contributed by atoms with E-state index in [2.05, 4.69) is 20.6 Å². The molecule has 4 nitrogen and oxygen atoms in total. The first-order chi connectivity index (χ1) is 8.66. The van der Waals surface area contributed by atoms with Crippen molar-refractivity contribution < 1.29 is 0 Å². The van der Waals surface area contributed by atoms with Crippen molar-refractivity contribution in [2.24, 2.45) is 7.05 Å². The maximum Gasteiger partial charge on any atom is 0.220 e. The molecule has 3 rings (SSSR count). The van der Waals surface area contributed by atoms with Gasteiger partial charge in [0.05, 0.1) is 16.9 Å². The van der Waals surface area contributed by atoms with E-state index in [1.165, 1.54) is 6.20 Å². The van der Waals surface area contributed by atoms with E-state index >= 15 is 0 Å². The van der Waals surface area contributed by atoms with Crippen LogP contribution in [0.3, 0.4) is 0 Å². The molecule has 0 aliphatic heterocycles. The molecule has 2 aromatic heterocycles. The molecule has 0 atom stereocenters. The van der Waals surface area contributed by atoms with E-state index in [-0.39, 0.29) is 5.95 Å². The smallest absolute Gasteiger partial charge is 0.220 e. The van der Waals surface area contributed by atoms with Gasteiger partial charge in [-0.3, -0.25) is 0 Å². The minimum absolute atomic E-state index is 0.224. The van der Waals surface area contributed by atoms with Gasteiger partial charge in [0.25, 0.3) is 0 Å². The molecule has 0 aliphatic rings. The molecule has 0 saturated carbocycles. The summed E-state index contributed by atoms with van der Waals surface area (Å²) in [7, 11) is 2.00. The van der Waals surface area contributed by atoms with Crippen molar-refractivity contribution in [2.75, 3.05) is 5.73 Å². The highest BCUT2D eigenvalue weighted by Gasteiger charge is 2.11. The Morgan fingerprint density at radius 3 is 2.94 bits per heavy atom. The lowest BCUT2D eigenvalue weighted by Gasteiger charge is -2.06. The van der Waals surface area contributed by atoms with E-state index in [1.807, 2.05) is 31.4 Å². The normalized spacial score (nSPS) is 11.0. The number of fused-ring (bicyclic) bond motifs is 1. The van der Waals surface area contributed by atoms with Crippen LogP contribution in [0, 0.1) is 0 Å². The molecule has 0 aliphatic carbocycles. The second-order valence-electron chi connectivity index (χ2n) is 4.09. The number of halogens is 1. The van der Waals surface area contributed by atoms with Gasteiger partial charge < -0.3 is 10.3 Å². The van der Waals surface area contributed by atoms with Gasteiger partial charge in [-0.25, -0.2) is 9.97 Å². The van der Waals surface area contributed by atoms with Crippen molar-refractivity contribution in [1.82, 2.24) is 14.5 Å². The highest BCUT2D eigenvalue weighted by Crippen LogP contribution is 2.32. The number of rotatable bonds is 1. The molecular formula is C13H11ClN4. The average molecular weight is 259 g/mol. The molecule has 0 spiro atoms. The Morgan fingerprint density at radius 1 is 1.28 bits per heavy atom. The maximum atomic E-state index is 6.15. The molecule has 0 bridgehead atoms. The van der Waals surface area contributed by atoms with Crippen LogP contribution >= 0.6 is 11.6 Å². The van der Waals surface area contributed by atoms with E-state index < -0.39 is 0 Å². The van der Waals surface area contributed by atoms with Gasteiger partial charge in [-0.1, -0.05) is 23.7 Å². The first kappa shape index (κ1) is 11.0. The zero-order valence-electron chi connectivity index (χ0n) is 9.76. The first-order valence-corrected chi connectivity index (χ1v) is 5.87. The summed E-state index contributed by atoms with van der Waals surface area (Å²) in [6.45, 7) is 0. The van der Waals surface area contributed by atoms with E-state index in [1.54, 1.807) is 0 Å². The predicted octanol–water partition coefficient (Wildman–Crippen LogP) is 2.87. The fraction of sp³-hybridized carbons (Fsp3) is 0.0769. The lowest BCUT2D eigenvalue weighted by Crippen LogP contribution is -1.96. The molecule has 18 heavy (non-hydrogen) atoms. The summed E-state index contributed by atoms with van der Waals surface area (Å²) in [5, 5.41) is 1.60. The molecule has 90 valence electrons. The largest absolute Gasteiger partial charge is 0.368 e. The van der Waals surface area contributed by atoms with Gasteiger partial charge in [0.2, 0.25) is 5.95 Å². The number of benzene rings is 1. The van der Waals surface area contributed by atoms with Crippen molar-refractivity contribution in [3.8, 4) is 11.3 Å². The standard InChI is InChI=1S/C13H11ClN4/c1-18-6-5-8-9(3-2-4-11(8)18)12-10(14)7-16-13(15)17-12/h2-7H,1H3,(H2,15,16,17). The third kappa shape index (κ3) is 1.62. The van der Waals surface area contributed by atoms with Crippen LogP contribution in [0.4, 0.5) is 5.95 Å². The molecule has 2 N–H and O–H groups in total. The zero-order valence-corrected chi connectivity index (χ0v) is 10.5. The Balaban J connectivity index is 2.34. The van der Waals surface area contributed by atoms with Crippen LogP contribution in [0.2, 0.25) is 5.02 Å². The zero-order chi connectivity index (χ0) is 12.7. The van der Waals surface area contributed by atoms with E-state index in [9.17, 15) is 0 Å². The van der Waals surface area contributed by atoms with Crippen LogP contribution in [-0.4, -0.2) is 14.5 Å². The summed E-state index contributed by atoms with van der Waals surface area (Å²) < 4.78 is 2.05. The van der Waals surface area contributed by atoms with E-state index in [0.717, 1.165) is 16.5 Å². The number of nitrogen functional groups attached to an aromatic ring is 1. The molecule has 3 aromatic rings. The lowest BCUT2D eigenvalue weighted by atomic mass is 10.1. The van der Waals surface area contributed by atoms with Crippen molar-refractivity contribution in [3.05, 3.63) is 41.7 Å². The minimum atomic E-state index is 0.224. The fourth-order valence-electron chi connectivity index (χ4n) is 2.08. The second kappa shape index (κ2) is 3.99. The topological polar surface area (TPSA) is 56.7 Å². The Kier molecular flexibility index (Phi) is 2.45. The van der Waals surface area contributed by atoms with Crippen molar-refractivity contribution in [3.63, 3.8) is 0 Å². The fourth-order valence-corrected chi connectivity index (χ4v) is 2.27. The van der Waals surface area contributed by atoms with Gasteiger partial charge in [-0.15, -0.1) is 0 Å². The van der Waals surface area contributed by atoms with Gasteiger partial charge in [0.15, 0.2) is 0 Å². The highest BCUT2D eigenvalue weighted by atomic mass is 35.5. The summed E-state index contributed by atoms with van der Waals surface area (Å²) in [5.41, 5.74) is 8.39. The van der Waals surface area contributed by atoms with Gasteiger partial charge in [0, 0.05) is 29.7 Å². The molecule has 2 heterocycles. The molecule has 0 unspecified atom stereocenters. The number of nitrogens with zero attached hydrogens (tertiary/aromatic N) is 3. The molecule has 0 amide bonds. The van der Waals surface area contributed by atoms with Crippen LogP contribution < -0.4 is 5.73 Å². The monoisotopic (exact) mass is 258 g/mol. The van der Waals surface area contributed by atoms with E-state index in [0.29, 0.717) is 10.7 Å². The Labute approximate surface area is 109 Å². The summed E-state index contributed by atoms with van der Waals surface area (Å²) in [5.74, 6) is 0.224. The Morgan fingerprint density at radius 2 is 2.11 bits per heavy atom.